The third-order valence-electron chi connectivity index (χ3n) is 1.43. The summed E-state index contributed by atoms with van der Waals surface area (Å²) in [7, 11) is 0. The van der Waals surface area contributed by atoms with Gasteiger partial charge >= 0.3 is 11.9 Å². The van der Waals surface area contributed by atoms with Crippen LogP contribution in [0.25, 0.3) is 0 Å². The first-order valence-corrected chi connectivity index (χ1v) is 5.14. The Morgan fingerprint density at radius 3 is 1.93 bits per heavy atom. The van der Waals surface area contributed by atoms with Crippen LogP contribution in [0.3, 0.4) is 0 Å². The Kier molecular flexibility index (Phi) is 5.30. The van der Waals surface area contributed by atoms with Crippen LogP contribution < -0.4 is 0 Å². The van der Waals surface area contributed by atoms with Crippen LogP contribution in [0.15, 0.2) is 10.5 Å². The molecule has 5 heteroatoms. The third-order valence-corrected chi connectivity index (χ3v) is 2.56. The number of carboxylic acids is 2. The fourth-order valence-electron chi connectivity index (χ4n) is 0.895. The van der Waals surface area contributed by atoms with Gasteiger partial charge in [0.2, 0.25) is 0 Å². The van der Waals surface area contributed by atoms with E-state index in [4.69, 9.17) is 10.2 Å². The van der Waals surface area contributed by atoms with Crippen molar-refractivity contribution < 1.29 is 19.8 Å². The van der Waals surface area contributed by atoms with Crippen LogP contribution in [0, 0.1) is 0 Å². The zero-order valence-electron chi connectivity index (χ0n) is 8.40. The Labute approximate surface area is 87.0 Å². The second-order valence-corrected chi connectivity index (χ2v) is 4.52. The molecule has 80 valence electrons. The smallest absolute Gasteiger partial charge is 0.342 e. The summed E-state index contributed by atoms with van der Waals surface area (Å²) in [6.45, 7) is 5.28. The molecule has 0 aromatic rings. The van der Waals surface area contributed by atoms with Crippen LogP contribution in [0.5, 0.6) is 0 Å². The molecule has 0 aromatic carbocycles. The van der Waals surface area contributed by atoms with Gasteiger partial charge in [-0.1, -0.05) is 20.8 Å². The molecule has 0 saturated heterocycles. The van der Waals surface area contributed by atoms with Gasteiger partial charge in [0.25, 0.3) is 0 Å². The lowest BCUT2D eigenvalue weighted by Crippen LogP contribution is -2.10. The van der Waals surface area contributed by atoms with Crippen molar-refractivity contribution in [2.45, 2.75) is 32.4 Å². The molecule has 0 aromatic heterocycles. The third kappa shape index (κ3) is 3.83. The normalized spacial score (nSPS) is 12.6. The van der Waals surface area contributed by atoms with Gasteiger partial charge in [-0.15, -0.1) is 11.8 Å². The molecule has 0 aliphatic rings. The summed E-state index contributed by atoms with van der Waals surface area (Å²) in [6, 6.07) is 0. The number of carboxylic acid groups (broad SMARTS) is 2. The van der Waals surface area contributed by atoms with Crippen LogP contribution in [0.1, 0.15) is 27.2 Å². The van der Waals surface area contributed by atoms with Crippen molar-refractivity contribution >= 4 is 23.7 Å². The maximum atomic E-state index is 10.8. The van der Waals surface area contributed by atoms with Crippen molar-refractivity contribution in [2.24, 2.45) is 0 Å². The molecule has 0 aliphatic carbocycles. The molecule has 0 aliphatic heterocycles. The lowest BCUT2D eigenvalue weighted by molar-refractivity contribution is -0.135. The molecule has 2 N–H and O–H groups in total. The number of hydrogen-bond donors (Lipinski definition) is 2. The molecule has 0 heterocycles. The summed E-state index contributed by atoms with van der Waals surface area (Å²) in [5.41, 5.74) is -0.0313. The molecule has 0 bridgehead atoms. The van der Waals surface area contributed by atoms with Gasteiger partial charge in [0, 0.05) is 5.25 Å². The summed E-state index contributed by atoms with van der Waals surface area (Å²) >= 11 is 1.07. The second-order valence-electron chi connectivity index (χ2n) is 2.94. The molecule has 0 saturated carbocycles. The lowest BCUT2D eigenvalue weighted by atomic mass is 10.2. The van der Waals surface area contributed by atoms with Gasteiger partial charge < -0.3 is 10.2 Å². The second kappa shape index (κ2) is 5.70. The van der Waals surface area contributed by atoms with Gasteiger partial charge in [0.15, 0.2) is 0 Å². The van der Waals surface area contributed by atoms with Gasteiger partial charge in [-0.25, -0.2) is 9.59 Å². The fraction of sp³-hybridized carbons (Fsp3) is 0.556. The molecule has 14 heavy (non-hydrogen) atoms. The minimum atomic E-state index is -1.16. The fourth-order valence-corrected chi connectivity index (χ4v) is 1.84. The van der Waals surface area contributed by atoms with Crippen LogP contribution >= 0.6 is 11.8 Å². The van der Waals surface area contributed by atoms with E-state index in [1.165, 1.54) is 0 Å². The molecule has 0 unspecified atom stereocenters. The molecule has 4 nitrogen and oxygen atoms in total. The van der Waals surface area contributed by atoms with E-state index in [-0.39, 0.29) is 22.1 Å². The Hall–Kier alpha value is -0.970. The molecule has 0 radical (unpaired) electrons. The first-order valence-electron chi connectivity index (χ1n) is 4.26. The van der Waals surface area contributed by atoms with Crippen molar-refractivity contribution in [3.8, 4) is 0 Å². The Morgan fingerprint density at radius 1 is 1.21 bits per heavy atom. The van der Waals surface area contributed by atoms with Crippen molar-refractivity contribution in [2.75, 3.05) is 0 Å². The van der Waals surface area contributed by atoms with E-state index in [9.17, 15) is 9.59 Å². The average Bonchev–Trinajstić information content (AvgIpc) is 2.02. The quantitative estimate of drug-likeness (QED) is 0.690. The molecular weight excluding hydrogens is 204 g/mol. The van der Waals surface area contributed by atoms with Crippen LogP contribution in [-0.2, 0) is 9.59 Å². The number of carbonyl (C=O) groups is 2. The molecule has 0 atom stereocenters. The molecular formula is C9H14O4S. The van der Waals surface area contributed by atoms with E-state index in [0.717, 1.165) is 11.8 Å². The topological polar surface area (TPSA) is 74.6 Å². The Bertz CT molecular complexity index is 268. The van der Waals surface area contributed by atoms with Crippen molar-refractivity contribution in [3.05, 3.63) is 10.5 Å². The van der Waals surface area contributed by atoms with Gasteiger partial charge in [-0.3, -0.25) is 0 Å². The van der Waals surface area contributed by atoms with Gasteiger partial charge in [-0.2, -0.15) is 0 Å². The Morgan fingerprint density at radius 2 is 1.71 bits per heavy atom. The van der Waals surface area contributed by atoms with Gasteiger partial charge in [0.1, 0.15) is 4.91 Å². The minimum absolute atomic E-state index is 0.0313. The van der Waals surface area contributed by atoms with E-state index < -0.39 is 11.9 Å². The molecule has 0 rings (SSSR count). The van der Waals surface area contributed by atoms with E-state index >= 15 is 0 Å². The summed E-state index contributed by atoms with van der Waals surface area (Å²) in [6.07, 6.45) is 0.219. The monoisotopic (exact) mass is 218 g/mol. The SMILES string of the molecule is CCC(C(=O)O)=C(SC(C)C)C(=O)O. The number of aliphatic carboxylic acids is 2. The van der Waals surface area contributed by atoms with E-state index in [0.29, 0.717) is 0 Å². The maximum absolute atomic E-state index is 10.8. The van der Waals surface area contributed by atoms with E-state index in [1.807, 2.05) is 13.8 Å². The predicted octanol–water partition coefficient (Wildman–Crippen LogP) is 1.96. The van der Waals surface area contributed by atoms with Gasteiger partial charge in [-0.05, 0) is 6.42 Å². The van der Waals surface area contributed by atoms with Crippen molar-refractivity contribution in [1.29, 1.82) is 0 Å². The largest absolute Gasteiger partial charge is 0.478 e. The first-order chi connectivity index (χ1) is 6.40. The first kappa shape index (κ1) is 13.0. The summed E-state index contributed by atoms with van der Waals surface area (Å²) in [5, 5.41) is 17.7. The predicted molar refractivity (Wildman–Crippen MR) is 55.3 cm³/mol. The summed E-state index contributed by atoms with van der Waals surface area (Å²) in [4.78, 5) is 21.5. The lowest BCUT2D eigenvalue weighted by Gasteiger charge is -2.08. The zero-order valence-corrected chi connectivity index (χ0v) is 9.22. The number of hydrogen-bond acceptors (Lipinski definition) is 3. The minimum Gasteiger partial charge on any atom is -0.478 e. The average molecular weight is 218 g/mol. The van der Waals surface area contributed by atoms with Crippen molar-refractivity contribution in [3.63, 3.8) is 0 Å². The highest BCUT2D eigenvalue weighted by atomic mass is 32.2. The summed E-state index contributed by atoms with van der Waals surface area (Å²) < 4.78 is 0. The van der Waals surface area contributed by atoms with Crippen molar-refractivity contribution in [1.82, 2.24) is 0 Å². The molecule has 0 fully saturated rings. The van der Waals surface area contributed by atoms with Gasteiger partial charge in [0.05, 0.1) is 5.57 Å². The van der Waals surface area contributed by atoms with Crippen LogP contribution in [0.2, 0.25) is 0 Å². The number of thioether (sulfide) groups is 1. The van der Waals surface area contributed by atoms with E-state index in [1.54, 1.807) is 6.92 Å². The van der Waals surface area contributed by atoms with Crippen LogP contribution in [-0.4, -0.2) is 27.4 Å². The Balaban J connectivity index is 5.10. The highest BCUT2D eigenvalue weighted by molar-refractivity contribution is 8.04. The maximum Gasteiger partial charge on any atom is 0.342 e. The number of rotatable bonds is 5. The zero-order chi connectivity index (χ0) is 11.3. The standard InChI is InChI=1S/C9H14O4S/c1-4-6(8(10)11)7(9(12)13)14-5(2)3/h5H,4H2,1-3H3,(H,10,11)(H,12,13). The highest BCUT2D eigenvalue weighted by Crippen LogP contribution is 2.26. The molecule has 0 spiro atoms. The molecule has 0 amide bonds. The van der Waals surface area contributed by atoms with Crippen LogP contribution in [0.4, 0.5) is 0 Å². The highest BCUT2D eigenvalue weighted by Gasteiger charge is 2.20. The summed E-state index contributed by atoms with van der Waals surface area (Å²) in [5.74, 6) is -2.32. The van der Waals surface area contributed by atoms with E-state index in [2.05, 4.69) is 0 Å².